The van der Waals surface area contributed by atoms with E-state index >= 15 is 0 Å². The first-order valence-electron chi connectivity index (χ1n) is 5.65. The van der Waals surface area contributed by atoms with Gasteiger partial charge >= 0.3 is 0 Å². The second-order valence-corrected chi connectivity index (χ2v) is 4.31. The number of aryl methyl sites for hydroxylation is 1. The monoisotopic (exact) mass is 206 g/mol. The van der Waals surface area contributed by atoms with Gasteiger partial charge in [0.1, 0.15) is 0 Å². The maximum absolute atomic E-state index is 11.7. The zero-order chi connectivity index (χ0) is 10.7. The van der Waals surface area contributed by atoms with Gasteiger partial charge in [0.25, 0.3) is 0 Å². The molecule has 15 heavy (non-hydrogen) atoms. The number of rotatable bonds is 3. The molecule has 1 N–H and O–H groups in total. The third-order valence-corrected chi connectivity index (χ3v) is 3.22. The van der Waals surface area contributed by atoms with Crippen molar-refractivity contribution in [3.63, 3.8) is 0 Å². The number of nitrogens with one attached hydrogen (secondary N) is 1. The van der Waals surface area contributed by atoms with Gasteiger partial charge < -0.3 is 9.88 Å². The lowest BCUT2D eigenvalue weighted by molar-refractivity contribution is -0.125. The lowest BCUT2D eigenvalue weighted by Crippen LogP contribution is -2.29. The molecule has 1 aromatic heterocycles. The van der Waals surface area contributed by atoms with Gasteiger partial charge in [-0.05, 0) is 25.0 Å². The van der Waals surface area contributed by atoms with Crippen LogP contribution in [-0.4, -0.2) is 10.5 Å². The average Bonchev–Trinajstić information content (AvgIpc) is 2.85. The fourth-order valence-corrected chi connectivity index (χ4v) is 2.19. The molecule has 3 heteroatoms. The van der Waals surface area contributed by atoms with Crippen LogP contribution in [-0.2, 0) is 18.4 Å². The molecule has 0 atom stereocenters. The van der Waals surface area contributed by atoms with E-state index in [1.807, 2.05) is 29.9 Å². The fraction of sp³-hybridized carbons (Fsp3) is 0.583. The van der Waals surface area contributed by atoms with Crippen LogP contribution in [0.5, 0.6) is 0 Å². The molecule has 1 heterocycles. The van der Waals surface area contributed by atoms with Gasteiger partial charge in [0.05, 0.1) is 6.54 Å². The van der Waals surface area contributed by atoms with Gasteiger partial charge in [-0.25, -0.2) is 0 Å². The van der Waals surface area contributed by atoms with E-state index in [0.717, 1.165) is 18.5 Å². The van der Waals surface area contributed by atoms with Gasteiger partial charge in [-0.15, -0.1) is 0 Å². The molecule has 1 saturated carbocycles. The van der Waals surface area contributed by atoms with Crippen LogP contribution in [0.1, 0.15) is 31.4 Å². The van der Waals surface area contributed by atoms with E-state index in [1.165, 1.54) is 12.8 Å². The number of hydrogen-bond acceptors (Lipinski definition) is 1. The van der Waals surface area contributed by atoms with Crippen LogP contribution in [0.3, 0.4) is 0 Å². The summed E-state index contributed by atoms with van der Waals surface area (Å²) in [6, 6.07) is 4.03. The maximum Gasteiger partial charge on any atom is 0.223 e. The molecular formula is C12H18N2O. The van der Waals surface area contributed by atoms with Crippen molar-refractivity contribution < 1.29 is 4.79 Å². The summed E-state index contributed by atoms with van der Waals surface area (Å²) in [5.74, 6) is 0.499. The Morgan fingerprint density at radius 1 is 1.53 bits per heavy atom. The summed E-state index contributed by atoms with van der Waals surface area (Å²) in [4.78, 5) is 11.7. The molecule has 1 fully saturated rings. The Labute approximate surface area is 90.5 Å². The summed E-state index contributed by atoms with van der Waals surface area (Å²) in [5.41, 5.74) is 1.15. The summed E-state index contributed by atoms with van der Waals surface area (Å²) < 4.78 is 2.04. The minimum Gasteiger partial charge on any atom is -0.353 e. The first-order chi connectivity index (χ1) is 7.27. The Kier molecular flexibility index (Phi) is 3.09. The summed E-state index contributed by atoms with van der Waals surface area (Å²) in [5, 5.41) is 3.01. The molecule has 0 unspecified atom stereocenters. The van der Waals surface area contributed by atoms with E-state index in [9.17, 15) is 4.79 Å². The quantitative estimate of drug-likeness (QED) is 0.804. The number of aromatic nitrogens is 1. The molecule has 3 nitrogen and oxygen atoms in total. The van der Waals surface area contributed by atoms with Crippen LogP contribution in [0.4, 0.5) is 0 Å². The normalized spacial score (nSPS) is 16.9. The SMILES string of the molecule is Cn1cccc1CNC(=O)C1CCCC1. The minimum atomic E-state index is 0.230. The summed E-state index contributed by atoms with van der Waals surface area (Å²) in [7, 11) is 2.00. The second-order valence-electron chi connectivity index (χ2n) is 4.31. The van der Waals surface area contributed by atoms with Crippen molar-refractivity contribution in [1.29, 1.82) is 0 Å². The van der Waals surface area contributed by atoms with Crippen molar-refractivity contribution in [2.45, 2.75) is 32.2 Å². The third kappa shape index (κ3) is 2.41. The molecule has 0 aromatic carbocycles. The zero-order valence-corrected chi connectivity index (χ0v) is 9.20. The topological polar surface area (TPSA) is 34.0 Å². The number of amides is 1. The van der Waals surface area contributed by atoms with Gasteiger partial charge in [0.2, 0.25) is 5.91 Å². The molecule has 1 aromatic rings. The van der Waals surface area contributed by atoms with Crippen molar-refractivity contribution in [3.05, 3.63) is 24.0 Å². The van der Waals surface area contributed by atoms with E-state index in [-0.39, 0.29) is 11.8 Å². The van der Waals surface area contributed by atoms with Crippen LogP contribution in [0.2, 0.25) is 0 Å². The van der Waals surface area contributed by atoms with E-state index in [0.29, 0.717) is 6.54 Å². The van der Waals surface area contributed by atoms with Crippen molar-refractivity contribution in [1.82, 2.24) is 9.88 Å². The van der Waals surface area contributed by atoms with Gasteiger partial charge in [0, 0.05) is 24.9 Å². The molecule has 0 bridgehead atoms. The van der Waals surface area contributed by atoms with Gasteiger partial charge in [-0.1, -0.05) is 12.8 Å². The first-order valence-corrected chi connectivity index (χ1v) is 5.65. The average molecular weight is 206 g/mol. The predicted octanol–water partition coefficient (Wildman–Crippen LogP) is 1.83. The zero-order valence-electron chi connectivity index (χ0n) is 9.20. The highest BCUT2D eigenvalue weighted by atomic mass is 16.1. The summed E-state index contributed by atoms with van der Waals surface area (Å²) in [6.07, 6.45) is 6.56. The van der Waals surface area contributed by atoms with Crippen LogP contribution in [0, 0.1) is 5.92 Å². The van der Waals surface area contributed by atoms with Crippen molar-refractivity contribution in [3.8, 4) is 0 Å². The van der Waals surface area contributed by atoms with Gasteiger partial charge in [-0.3, -0.25) is 4.79 Å². The van der Waals surface area contributed by atoms with E-state index < -0.39 is 0 Å². The Morgan fingerprint density at radius 2 is 2.27 bits per heavy atom. The summed E-state index contributed by atoms with van der Waals surface area (Å²) in [6.45, 7) is 0.652. The number of nitrogens with zero attached hydrogens (tertiary/aromatic N) is 1. The molecule has 82 valence electrons. The standard InChI is InChI=1S/C12H18N2O/c1-14-8-4-7-11(14)9-13-12(15)10-5-2-3-6-10/h4,7-8,10H,2-3,5-6,9H2,1H3,(H,13,15). The molecule has 0 saturated heterocycles. The third-order valence-electron chi connectivity index (χ3n) is 3.22. The van der Waals surface area contributed by atoms with Crippen LogP contribution in [0.15, 0.2) is 18.3 Å². The van der Waals surface area contributed by atoms with Crippen molar-refractivity contribution >= 4 is 5.91 Å². The smallest absolute Gasteiger partial charge is 0.223 e. The highest BCUT2D eigenvalue weighted by molar-refractivity contribution is 5.78. The molecule has 2 rings (SSSR count). The predicted molar refractivity (Wildman–Crippen MR) is 59.2 cm³/mol. The summed E-state index contributed by atoms with van der Waals surface area (Å²) >= 11 is 0. The second kappa shape index (κ2) is 4.51. The van der Waals surface area contributed by atoms with E-state index in [1.54, 1.807) is 0 Å². The number of carbonyl (C=O) groups is 1. The van der Waals surface area contributed by atoms with Gasteiger partial charge in [-0.2, -0.15) is 0 Å². The van der Waals surface area contributed by atoms with Crippen molar-refractivity contribution in [2.75, 3.05) is 0 Å². The van der Waals surface area contributed by atoms with Crippen LogP contribution in [0.25, 0.3) is 0 Å². The van der Waals surface area contributed by atoms with Gasteiger partial charge in [0.15, 0.2) is 0 Å². The molecule has 0 aliphatic heterocycles. The fourth-order valence-electron chi connectivity index (χ4n) is 2.19. The Hall–Kier alpha value is -1.25. The highest BCUT2D eigenvalue weighted by Gasteiger charge is 2.22. The van der Waals surface area contributed by atoms with Crippen molar-refractivity contribution in [2.24, 2.45) is 13.0 Å². The Morgan fingerprint density at radius 3 is 2.87 bits per heavy atom. The first kappa shape index (κ1) is 10.3. The Bertz CT molecular complexity index is 337. The number of hydrogen-bond donors (Lipinski definition) is 1. The number of carbonyl (C=O) groups excluding carboxylic acids is 1. The molecule has 1 amide bonds. The maximum atomic E-state index is 11.7. The molecule has 0 spiro atoms. The molecular weight excluding hydrogens is 188 g/mol. The highest BCUT2D eigenvalue weighted by Crippen LogP contribution is 2.24. The lowest BCUT2D eigenvalue weighted by atomic mass is 10.1. The molecule has 1 aliphatic carbocycles. The molecule has 0 radical (unpaired) electrons. The largest absolute Gasteiger partial charge is 0.353 e. The van der Waals surface area contributed by atoms with E-state index in [4.69, 9.17) is 0 Å². The van der Waals surface area contributed by atoms with Crippen LogP contribution >= 0.6 is 0 Å². The van der Waals surface area contributed by atoms with Crippen LogP contribution < -0.4 is 5.32 Å². The Balaban J connectivity index is 1.83. The lowest BCUT2D eigenvalue weighted by Gasteiger charge is -2.10. The molecule has 1 aliphatic rings. The minimum absolute atomic E-state index is 0.230. The van der Waals surface area contributed by atoms with E-state index in [2.05, 4.69) is 5.32 Å².